The van der Waals surface area contributed by atoms with E-state index in [2.05, 4.69) is 84.5 Å². The molecule has 0 radical (unpaired) electrons. The van der Waals surface area contributed by atoms with E-state index in [0.717, 1.165) is 52.4 Å². The summed E-state index contributed by atoms with van der Waals surface area (Å²) in [5, 5.41) is 11.5. The number of pyridine rings is 2. The normalized spacial score (nSPS) is 16.9. The van der Waals surface area contributed by atoms with Crippen molar-refractivity contribution in [2.75, 3.05) is 14.1 Å². The molecule has 1 unspecified atom stereocenters. The summed E-state index contributed by atoms with van der Waals surface area (Å²) in [5.74, 6) is 0. The summed E-state index contributed by atoms with van der Waals surface area (Å²) < 4.78 is 2.04. The molecule has 6 rings (SSSR count). The minimum absolute atomic E-state index is 0.0522. The van der Waals surface area contributed by atoms with Crippen molar-refractivity contribution in [2.45, 2.75) is 33.1 Å². The van der Waals surface area contributed by atoms with Crippen LogP contribution in [-0.4, -0.2) is 55.4 Å². The van der Waals surface area contributed by atoms with Crippen LogP contribution < -0.4 is 5.32 Å². The molecule has 1 N–H and O–H groups in total. The van der Waals surface area contributed by atoms with Crippen molar-refractivity contribution >= 4 is 28.0 Å². The molecular formula is C29H30N8. The van der Waals surface area contributed by atoms with Gasteiger partial charge in [0.25, 0.3) is 0 Å². The number of imidazole rings is 1. The van der Waals surface area contributed by atoms with Crippen LogP contribution in [0.5, 0.6) is 0 Å². The molecule has 186 valence electrons. The maximum atomic E-state index is 5.00. The lowest BCUT2D eigenvalue weighted by molar-refractivity contribution is 0.356. The van der Waals surface area contributed by atoms with Gasteiger partial charge in [-0.2, -0.15) is 5.10 Å². The van der Waals surface area contributed by atoms with Gasteiger partial charge in [0.1, 0.15) is 11.9 Å². The Hall–Kier alpha value is -4.30. The van der Waals surface area contributed by atoms with Crippen LogP contribution in [0, 0.1) is 0 Å². The first kappa shape index (κ1) is 23.1. The highest BCUT2D eigenvalue weighted by Gasteiger charge is 2.30. The van der Waals surface area contributed by atoms with Gasteiger partial charge in [-0.3, -0.25) is 0 Å². The number of aromatic nitrogens is 4. The molecule has 0 saturated heterocycles. The molecule has 37 heavy (non-hydrogen) atoms. The van der Waals surface area contributed by atoms with Gasteiger partial charge in [0.15, 0.2) is 5.65 Å². The monoisotopic (exact) mass is 490 g/mol. The number of allylic oxidation sites excluding steroid dienone is 1. The van der Waals surface area contributed by atoms with Crippen molar-refractivity contribution in [1.82, 2.24) is 34.7 Å². The molecule has 4 aromatic rings. The van der Waals surface area contributed by atoms with E-state index >= 15 is 0 Å². The van der Waals surface area contributed by atoms with Gasteiger partial charge in [0.05, 0.1) is 23.4 Å². The van der Waals surface area contributed by atoms with E-state index in [9.17, 15) is 0 Å². The Morgan fingerprint density at radius 2 is 1.84 bits per heavy atom. The van der Waals surface area contributed by atoms with Crippen molar-refractivity contribution in [3.8, 4) is 11.4 Å². The Kier molecular flexibility index (Phi) is 5.81. The first-order valence-corrected chi connectivity index (χ1v) is 12.6. The number of hydrogen-bond acceptors (Lipinski definition) is 7. The molecule has 3 aromatic heterocycles. The van der Waals surface area contributed by atoms with Gasteiger partial charge in [-0.1, -0.05) is 24.3 Å². The molecule has 0 fully saturated rings. The second kappa shape index (κ2) is 9.29. The number of nitrogens with one attached hydrogen (secondary N) is 1. The first-order valence-electron chi connectivity index (χ1n) is 12.6. The van der Waals surface area contributed by atoms with Crippen LogP contribution in [-0.2, 0) is 13.1 Å². The molecule has 1 atom stereocenters. The number of fused-ring (bicyclic) bond motifs is 2. The second-order valence-corrected chi connectivity index (χ2v) is 9.70. The molecule has 0 amide bonds. The summed E-state index contributed by atoms with van der Waals surface area (Å²) in [4.78, 5) is 16.0. The summed E-state index contributed by atoms with van der Waals surface area (Å²) in [6.45, 7) is 5.96. The number of nitrogens with zero attached hydrogens (tertiary/aromatic N) is 7. The minimum Gasteiger partial charge on any atom is -0.365 e. The van der Waals surface area contributed by atoms with Gasteiger partial charge in [-0.05, 0) is 63.3 Å². The van der Waals surface area contributed by atoms with Gasteiger partial charge in [0.2, 0.25) is 0 Å². The van der Waals surface area contributed by atoms with Gasteiger partial charge in [-0.15, -0.1) is 0 Å². The third-order valence-corrected chi connectivity index (χ3v) is 6.78. The van der Waals surface area contributed by atoms with Crippen molar-refractivity contribution < 1.29 is 0 Å². The van der Waals surface area contributed by atoms with Crippen molar-refractivity contribution in [3.05, 3.63) is 90.2 Å². The molecule has 0 saturated carbocycles. The van der Waals surface area contributed by atoms with Crippen LogP contribution in [0.25, 0.3) is 33.7 Å². The summed E-state index contributed by atoms with van der Waals surface area (Å²) in [5.41, 5.74) is 9.00. The predicted molar refractivity (Wildman–Crippen MR) is 148 cm³/mol. The SMILES string of the molecule is CCn1cnc(-c2ccc3c(C4=CNC5C=C(c6ccc(CN(C)C)cc6)C(C)=NN45)ccnc3n2)c1. The third-order valence-electron chi connectivity index (χ3n) is 6.78. The van der Waals surface area contributed by atoms with Gasteiger partial charge in [0, 0.05) is 48.2 Å². The van der Waals surface area contributed by atoms with Crippen molar-refractivity contribution in [3.63, 3.8) is 0 Å². The largest absolute Gasteiger partial charge is 0.365 e. The standard InChI is InChI=1S/C29H30N8/c1-5-36-17-26(32-18-36)25-11-10-23-22(12-13-30-29(23)33-25)27-15-31-28-14-24(19(2)34-37(27)28)21-8-6-20(7-9-21)16-35(3)4/h6-15,17-18,28,31H,5,16H2,1-4H3. The van der Waals surface area contributed by atoms with Crippen LogP contribution in [0.4, 0.5) is 0 Å². The summed E-state index contributed by atoms with van der Waals surface area (Å²) in [7, 11) is 4.17. The fraction of sp³-hybridized carbons (Fsp3) is 0.241. The summed E-state index contributed by atoms with van der Waals surface area (Å²) in [6, 6.07) is 14.9. The molecule has 0 spiro atoms. The van der Waals surface area contributed by atoms with Crippen LogP contribution in [0.1, 0.15) is 30.5 Å². The van der Waals surface area contributed by atoms with Crippen molar-refractivity contribution in [1.29, 1.82) is 0 Å². The first-order chi connectivity index (χ1) is 18.0. The zero-order chi connectivity index (χ0) is 25.5. The predicted octanol–water partition coefficient (Wildman–Crippen LogP) is 4.58. The van der Waals surface area contributed by atoms with Crippen LogP contribution in [0.2, 0.25) is 0 Å². The lowest BCUT2D eigenvalue weighted by Gasteiger charge is -2.28. The van der Waals surface area contributed by atoms with E-state index < -0.39 is 0 Å². The number of hydrazone groups is 1. The quantitative estimate of drug-likeness (QED) is 0.427. The molecule has 2 aliphatic rings. The Labute approximate surface area is 216 Å². The minimum atomic E-state index is -0.0522. The van der Waals surface area contributed by atoms with Gasteiger partial charge >= 0.3 is 0 Å². The highest BCUT2D eigenvalue weighted by Crippen LogP contribution is 2.35. The Bertz CT molecular complexity index is 1560. The number of aryl methyl sites for hydroxylation is 1. The Morgan fingerprint density at radius 1 is 1.00 bits per heavy atom. The highest BCUT2D eigenvalue weighted by atomic mass is 15.5. The van der Waals surface area contributed by atoms with Crippen LogP contribution in [0.3, 0.4) is 0 Å². The van der Waals surface area contributed by atoms with Crippen molar-refractivity contribution in [2.24, 2.45) is 5.10 Å². The Morgan fingerprint density at radius 3 is 2.59 bits per heavy atom. The van der Waals surface area contributed by atoms with Gasteiger partial charge in [-0.25, -0.2) is 20.0 Å². The lowest BCUT2D eigenvalue weighted by Crippen LogP contribution is -2.35. The molecule has 0 bridgehead atoms. The smallest absolute Gasteiger partial charge is 0.160 e. The fourth-order valence-corrected chi connectivity index (χ4v) is 4.90. The Balaban J connectivity index is 1.29. The molecule has 5 heterocycles. The molecule has 8 heteroatoms. The lowest BCUT2D eigenvalue weighted by atomic mass is 9.98. The van der Waals surface area contributed by atoms with Crippen LogP contribution >= 0.6 is 0 Å². The molecule has 8 nitrogen and oxygen atoms in total. The zero-order valence-corrected chi connectivity index (χ0v) is 21.6. The third kappa shape index (κ3) is 4.29. The topological polar surface area (TPSA) is 74.5 Å². The molecule has 0 aliphatic carbocycles. The fourth-order valence-electron chi connectivity index (χ4n) is 4.90. The molecule has 1 aromatic carbocycles. The second-order valence-electron chi connectivity index (χ2n) is 9.70. The van der Waals surface area contributed by atoms with Crippen LogP contribution in [0.15, 0.2) is 78.6 Å². The summed E-state index contributed by atoms with van der Waals surface area (Å²) in [6.07, 6.45) is 9.88. The van der Waals surface area contributed by atoms with E-state index in [1.54, 1.807) is 0 Å². The van der Waals surface area contributed by atoms with E-state index in [-0.39, 0.29) is 6.17 Å². The molecule has 2 aliphatic heterocycles. The van der Waals surface area contributed by atoms with Gasteiger partial charge < -0.3 is 14.8 Å². The maximum absolute atomic E-state index is 5.00. The van der Waals surface area contributed by atoms with E-state index in [1.165, 1.54) is 11.1 Å². The average molecular weight is 491 g/mol. The zero-order valence-electron chi connectivity index (χ0n) is 21.6. The van der Waals surface area contributed by atoms with E-state index in [1.807, 2.05) is 46.6 Å². The maximum Gasteiger partial charge on any atom is 0.160 e. The average Bonchev–Trinajstić information content (AvgIpc) is 3.55. The number of rotatable bonds is 6. The summed E-state index contributed by atoms with van der Waals surface area (Å²) >= 11 is 0. The molecular weight excluding hydrogens is 460 g/mol. The number of benzene rings is 1. The van der Waals surface area contributed by atoms with E-state index in [4.69, 9.17) is 10.1 Å². The van der Waals surface area contributed by atoms with E-state index in [0.29, 0.717) is 5.65 Å². The highest BCUT2D eigenvalue weighted by molar-refractivity contribution is 6.23. The number of hydrogen-bond donors (Lipinski definition) is 1.